The minimum atomic E-state index is -1.02. The molecule has 0 unspecified atom stereocenters. The number of carbonyl (C=O) groups is 1. The van der Waals surface area contributed by atoms with E-state index in [1.54, 1.807) is 6.08 Å². The van der Waals surface area contributed by atoms with E-state index in [2.05, 4.69) is 0 Å². The molecule has 0 radical (unpaired) electrons. The maximum atomic E-state index is 11.3. The summed E-state index contributed by atoms with van der Waals surface area (Å²) in [6.07, 6.45) is 7.47. The second-order valence-corrected chi connectivity index (χ2v) is 5.93. The third-order valence-electron chi connectivity index (χ3n) is 4.61. The third kappa shape index (κ3) is 3.98. The van der Waals surface area contributed by atoms with Gasteiger partial charge in [0.2, 0.25) is 12.0 Å². The van der Waals surface area contributed by atoms with Gasteiger partial charge in [-0.25, -0.2) is 4.79 Å². The van der Waals surface area contributed by atoms with E-state index in [0.29, 0.717) is 18.9 Å². The number of carboxylic acid groups (broad SMARTS) is 1. The van der Waals surface area contributed by atoms with Crippen molar-refractivity contribution in [1.82, 2.24) is 0 Å². The lowest BCUT2D eigenvalue weighted by atomic mass is 9.76. The van der Waals surface area contributed by atoms with Crippen LogP contribution in [0.2, 0.25) is 0 Å². The summed E-state index contributed by atoms with van der Waals surface area (Å²) >= 11 is 0. The summed E-state index contributed by atoms with van der Waals surface area (Å²) in [6, 6.07) is 0. The number of aliphatic hydroxyl groups is 1. The van der Waals surface area contributed by atoms with Gasteiger partial charge in [0.1, 0.15) is 0 Å². The average Bonchev–Trinajstić information content (AvgIpc) is 2.99. The maximum absolute atomic E-state index is 11.3. The molecule has 1 aliphatic carbocycles. The smallest absolute Gasteiger partial charge is 0.370 e. The molecule has 3 atom stereocenters. The van der Waals surface area contributed by atoms with Crippen molar-refractivity contribution in [3.8, 4) is 0 Å². The van der Waals surface area contributed by atoms with Gasteiger partial charge in [-0.3, -0.25) is 0 Å². The predicted octanol–water partition coefficient (Wildman–Crippen LogP) is 2.54. The molecular weight excluding hydrogens is 272 g/mol. The number of hydrogen-bond acceptors (Lipinski definition) is 4. The first-order valence-electron chi connectivity index (χ1n) is 8.01. The van der Waals surface area contributed by atoms with Crippen LogP contribution >= 0.6 is 0 Å². The van der Waals surface area contributed by atoms with Gasteiger partial charge >= 0.3 is 5.97 Å². The third-order valence-corrected chi connectivity index (χ3v) is 4.61. The molecule has 1 fully saturated rings. The van der Waals surface area contributed by atoms with Crippen molar-refractivity contribution in [2.75, 3.05) is 13.2 Å². The summed E-state index contributed by atoms with van der Waals surface area (Å²) in [5.41, 5.74) is 0. The summed E-state index contributed by atoms with van der Waals surface area (Å²) in [5, 5.41) is 18.4. The van der Waals surface area contributed by atoms with Crippen LogP contribution in [0.3, 0.4) is 0 Å². The minimum Gasteiger partial charge on any atom is -0.475 e. The second kappa shape index (κ2) is 7.80. The SMILES string of the molecule is CCO[C@H]1OC(C(=O)O)=C[C@@H](C2CCCC2)[C@H]1CCCO. The van der Waals surface area contributed by atoms with E-state index in [4.69, 9.17) is 14.6 Å². The zero-order valence-electron chi connectivity index (χ0n) is 12.7. The highest BCUT2D eigenvalue weighted by Gasteiger charge is 2.41. The molecule has 1 saturated carbocycles. The van der Waals surface area contributed by atoms with E-state index in [-0.39, 0.29) is 24.2 Å². The van der Waals surface area contributed by atoms with E-state index in [1.165, 1.54) is 12.8 Å². The van der Waals surface area contributed by atoms with E-state index in [1.807, 2.05) is 6.92 Å². The minimum absolute atomic E-state index is 0.0191. The Bertz CT molecular complexity index is 373. The van der Waals surface area contributed by atoms with Crippen molar-refractivity contribution in [2.24, 2.45) is 17.8 Å². The molecular formula is C16H26O5. The molecule has 2 aliphatic rings. The predicted molar refractivity (Wildman–Crippen MR) is 77.5 cm³/mol. The molecule has 0 spiro atoms. The van der Waals surface area contributed by atoms with Gasteiger partial charge in [-0.2, -0.15) is 0 Å². The van der Waals surface area contributed by atoms with Crippen molar-refractivity contribution in [3.05, 3.63) is 11.8 Å². The molecule has 5 nitrogen and oxygen atoms in total. The highest BCUT2D eigenvalue weighted by Crippen LogP contribution is 2.43. The van der Waals surface area contributed by atoms with Gasteiger partial charge in [0.25, 0.3) is 0 Å². The van der Waals surface area contributed by atoms with Gasteiger partial charge in [0.05, 0.1) is 0 Å². The number of carboxylic acids is 1. The van der Waals surface area contributed by atoms with Gasteiger partial charge in [0, 0.05) is 19.1 Å². The van der Waals surface area contributed by atoms with Crippen LogP contribution in [0.4, 0.5) is 0 Å². The Morgan fingerprint density at radius 2 is 2.14 bits per heavy atom. The fraction of sp³-hybridized carbons (Fsp3) is 0.812. The van der Waals surface area contributed by atoms with E-state index in [9.17, 15) is 9.90 Å². The Kier molecular flexibility index (Phi) is 6.06. The molecule has 1 aliphatic heterocycles. The standard InChI is InChI=1S/C16H26O5/c1-2-20-16-12(8-5-9-17)13(11-6-3-4-7-11)10-14(21-16)15(18)19/h10-13,16-17H,2-9H2,1H3,(H,18,19)/t12-,13+,16+/m1/s1. The number of ether oxygens (including phenoxy) is 2. The molecule has 1 heterocycles. The lowest BCUT2D eigenvalue weighted by Crippen LogP contribution is -2.39. The first kappa shape index (κ1) is 16.3. The van der Waals surface area contributed by atoms with Crippen LogP contribution in [0.5, 0.6) is 0 Å². The molecule has 0 saturated heterocycles. The van der Waals surface area contributed by atoms with Crippen LogP contribution in [0, 0.1) is 17.8 Å². The van der Waals surface area contributed by atoms with Crippen LogP contribution in [-0.2, 0) is 14.3 Å². The highest BCUT2D eigenvalue weighted by atomic mass is 16.7. The Balaban J connectivity index is 2.22. The van der Waals surface area contributed by atoms with Crippen LogP contribution < -0.4 is 0 Å². The summed E-state index contributed by atoms with van der Waals surface area (Å²) in [7, 11) is 0. The normalized spacial score (nSPS) is 30.0. The number of aliphatic hydroxyl groups excluding tert-OH is 1. The van der Waals surface area contributed by atoms with Crippen LogP contribution in [-0.4, -0.2) is 35.7 Å². The molecule has 120 valence electrons. The Labute approximate surface area is 125 Å². The van der Waals surface area contributed by atoms with Gasteiger partial charge < -0.3 is 19.7 Å². The number of hydrogen-bond donors (Lipinski definition) is 2. The molecule has 2 rings (SSSR count). The lowest BCUT2D eigenvalue weighted by Gasteiger charge is -2.38. The topological polar surface area (TPSA) is 76.0 Å². The number of aliphatic carboxylic acids is 1. The molecule has 2 N–H and O–H groups in total. The van der Waals surface area contributed by atoms with E-state index in [0.717, 1.165) is 19.3 Å². The Hall–Kier alpha value is -1.07. The largest absolute Gasteiger partial charge is 0.475 e. The maximum Gasteiger partial charge on any atom is 0.370 e. The molecule has 21 heavy (non-hydrogen) atoms. The zero-order chi connectivity index (χ0) is 15.2. The molecule has 5 heteroatoms. The molecule has 0 bridgehead atoms. The summed E-state index contributed by atoms with van der Waals surface area (Å²) < 4.78 is 11.2. The fourth-order valence-electron chi connectivity index (χ4n) is 3.66. The van der Waals surface area contributed by atoms with Gasteiger partial charge in [-0.1, -0.05) is 12.8 Å². The average molecular weight is 298 g/mol. The molecule has 0 aromatic carbocycles. The summed E-state index contributed by atoms with van der Waals surface area (Å²) in [6.45, 7) is 2.52. The van der Waals surface area contributed by atoms with Crippen LogP contribution in [0.15, 0.2) is 11.8 Å². The van der Waals surface area contributed by atoms with Gasteiger partial charge in [0.15, 0.2) is 0 Å². The zero-order valence-corrected chi connectivity index (χ0v) is 12.7. The van der Waals surface area contributed by atoms with E-state index >= 15 is 0 Å². The van der Waals surface area contributed by atoms with Crippen molar-refractivity contribution < 1.29 is 24.5 Å². The molecule has 0 aromatic rings. The van der Waals surface area contributed by atoms with Gasteiger partial charge in [-0.05, 0) is 50.5 Å². The quantitative estimate of drug-likeness (QED) is 0.755. The molecule has 0 aromatic heterocycles. The highest BCUT2D eigenvalue weighted by molar-refractivity contribution is 5.84. The molecule has 0 amide bonds. The summed E-state index contributed by atoms with van der Waals surface area (Å²) in [5.74, 6) is -0.192. The van der Waals surface area contributed by atoms with Crippen molar-refractivity contribution in [1.29, 1.82) is 0 Å². The van der Waals surface area contributed by atoms with Crippen LogP contribution in [0.25, 0.3) is 0 Å². The lowest BCUT2D eigenvalue weighted by molar-refractivity contribution is -0.181. The number of allylic oxidation sites excluding steroid dienone is 1. The second-order valence-electron chi connectivity index (χ2n) is 5.93. The number of rotatable bonds is 7. The first-order valence-corrected chi connectivity index (χ1v) is 8.01. The monoisotopic (exact) mass is 298 g/mol. The van der Waals surface area contributed by atoms with E-state index < -0.39 is 12.3 Å². The van der Waals surface area contributed by atoms with Crippen LogP contribution in [0.1, 0.15) is 45.4 Å². The van der Waals surface area contributed by atoms with Crippen molar-refractivity contribution >= 4 is 5.97 Å². The first-order chi connectivity index (χ1) is 10.2. The summed E-state index contributed by atoms with van der Waals surface area (Å²) in [4.78, 5) is 11.3. The van der Waals surface area contributed by atoms with Crippen molar-refractivity contribution in [2.45, 2.75) is 51.7 Å². The van der Waals surface area contributed by atoms with Crippen molar-refractivity contribution in [3.63, 3.8) is 0 Å². The van der Waals surface area contributed by atoms with Gasteiger partial charge in [-0.15, -0.1) is 0 Å². The Morgan fingerprint density at radius 3 is 2.71 bits per heavy atom. The fourth-order valence-corrected chi connectivity index (χ4v) is 3.66. The Morgan fingerprint density at radius 1 is 1.43 bits per heavy atom.